The topological polar surface area (TPSA) is 0 Å². The molecular formula is C15H23Cl. The average molecular weight is 239 g/mol. The van der Waals surface area contributed by atoms with Crippen molar-refractivity contribution < 1.29 is 0 Å². The number of halogens is 1. The Kier molecular flexibility index (Phi) is 6.56. The van der Waals surface area contributed by atoms with Crippen molar-refractivity contribution >= 4 is 11.6 Å². The second-order valence-electron chi connectivity index (χ2n) is 4.51. The lowest BCUT2D eigenvalue weighted by molar-refractivity contribution is 0.405. The van der Waals surface area contributed by atoms with Crippen LogP contribution in [0.3, 0.4) is 0 Å². The lowest BCUT2D eigenvalue weighted by Gasteiger charge is -2.25. The highest BCUT2D eigenvalue weighted by molar-refractivity contribution is 6.18. The highest BCUT2D eigenvalue weighted by Gasteiger charge is 2.20. The Morgan fingerprint density at radius 2 is 1.62 bits per heavy atom. The number of hydrogen-bond acceptors (Lipinski definition) is 0. The summed E-state index contributed by atoms with van der Waals surface area (Å²) in [6, 6.07) is 10.8. The van der Waals surface area contributed by atoms with Gasteiger partial charge in [-0.1, -0.05) is 57.0 Å². The summed E-state index contributed by atoms with van der Waals surface area (Å²) in [6.07, 6.45) is 4.95. The summed E-state index contributed by atoms with van der Waals surface area (Å²) >= 11 is 6.13. The molecule has 90 valence electrons. The zero-order valence-electron chi connectivity index (χ0n) is 10.5. The van der Waals surface area contributed by atoms with Crippen molar-refractivity contribution in [2.75, 3.05) is 5.88 Å². The van der Waals surface area contributed by atoms with E-state index in [2.05, 4.69) is 44.2 Å². The molecule has 0 aliphatic rings. The predicted molar refractivity (Wildman–Crippen MR) is 73.2 cm³/mol. The fraction of sp³-hybridized carbons (Fsp3) is 0.600. The van der Waals surface area contributed by atoms with Gasteiger partial charge in [0.1, 0.15) is 0 Å². The molecule has 1 rings (SSSR count). The van der Waals surface area contributed by atoms with Gasteiger partial charge in [-0.05, 0) is 30.2 Å². The van der Waals surface area contributed by atoms with Crippen LogP contribution in [-0.2, 0) is 0 Å². The summed E-state index contributed by atoms with van der Waals surface area (Å²) in [5.41, 5.74) is 1.46. The third kappa shape index (κ3) is 3.83. The van der Waals surface area contributed by atoms with E-state index >= 15 is 0 Å². The molecule has 0 fully saturated rings. The van der Waals surface area contributed by atoms with Crippen LogP contribution in [0.2, 0.25) is 0 Å². The minimum Gasteiger partial charge on any atom is -0.126 e. The highest BCUT2D eigenvalue weighted by atomic mass is 35.5. The predicted octanol–water partition coefficient (Wildman–Crippen LogP) is 5.23. The quantitative estimate of drug-likeness (QED) is 0.571. The van der Waals surface area contributed by atoms with Gasteiger partial charge in [0.25, 0.3) is 0 Å². The largest absolute Gasteiger partial charge is 0.126 e. The Balaban J connectivity index is 2.80. The van der Waals surface area contributed by atoms with Crippen molar-refractivity contribution in [3.63, 3.8) is 0 Å². The van der Waals surface area contributed by atoms with E-state index in [1.54, 1.807) is 0 Å². The molecule has 2 atom stereocenters. The van der Waals surface area contributed by atoms with Gasteiger partial charge in [0, 0.05) is 5.88 Å². The van der Waals surface area contributed by atoms with Crippen molar-refractivity contribution in [1.82, 2.24) is 0 Å². The SMILES string of the molecule is CCCC(CCl)C(CCC)c1ccccc1. The molecular weight excluding hydrogens is 216 g/mol. The Morgan fingerprint density at radius 3 is 2.12 bits per heavy atom. The van der Waals surface area contributed by atoms with E-state index in [0.29, 0.717) is 11.8 Å². The third-order valence-electron chi connectivity index (χ3n) is 3.25. The molecule has 0 amide bonds. The van der Waals surface area contributed by atoms with Crippen LogP contribution in [0.25, 0.3) is 0 Å². The first-order valence-corrected chi connectivity index (χ1v) is 6.97. The van der Waals surface area contributed by atoms with E-state index in [4.69, 9.17) is 11.6 Å². The number of alkyl halides is 1. The fourth-order valence-corrected chi connectivity index (χ4v) is 2.81. The van der Waals surface area contributed by atoms with Crippen LogP contribution in [0.1, 0.15) is 51.0 Å². The maximum atomic E-state index is 6.13. The molecule has 0 nitrogen and oxygen atoms in total. The molecule has 0 N–H and O–H groups in total. The first-order chi connectivity index (χ1) is 7.83. The average Bonchev–Trinajstić information content (AvgIpc) is 2.35. The molecule has 0 aliphatic heterocycles. The minimum absolute atomic E-state index is 0.633. The van der Waals surface area contributed by atoms with E-state index in [1.807, 2.05) is 0 Å². The molecule has 0 aliphatic carbocycles. The summed E-state index contributed by atoms with van der Waals surface area (Å²) in [6.45, 7) is 4.50. The van der Waals surface area contributed by atoms with Gasteiger partial charge in [-0.2, -0.15) is 0 Å². The van der Waals surface area contributed by atoms with Gasteiger partial charge in [0.2, 0.25) is 0 Å². The lowest BCUT2D eigenvalue weighted by Crippen LogP contribution is -2.14. The summed E-state index contributed by atoms with van der Waals surface area (Å²) < 4.78 is 0. The molecule has 1 aromatic rings. The van der Waals surface area contributed by atoms with Crippen molar-refractivity contribution in [2.45, 2.75) is 45.4 Å². The van der Waals surface area contributed by atoms with Gasteiger partial charge in [-0.15, -0.1) is 11.6 Å². The second kappa shape index (κ2) is 7.73. The molecule has 0 saturated heterocycles. The number of rotatable bonds is 7. The minimum atomic E-state index is 0.633. The van der Waals surface area contributed by atoms with Gasteiger partial charge in [-0.25, -0.2) is 0 Å². The fourth-order valence-electron chi connectivity index (χ4n) is 2.44. The molecule has 0 spiro atoms. The second-order valence-corrected chi connectivity index (χ2v) is 4.82. The maximum absolute atomic E-state index is 6.13. The lowest BCUT2D eigenvalue weighted by atomic mass is 9.81. The summed E-state index contributed by atoms with van der Waals surface area (Å²) in [5, 5.41) is 0. The van der Waals surface area contributed by atoms with E-state index in [1.165, 1.54) is 31.2 Å². The van der Waals surface area contributed by atoms with Crippen molar-refractivity contribution in [3.05, 3.63) is 35.9 Å². The molecule has 0 saturated carbocycles. The molecule has 1 heteroatoms. The van der Waals surface area contributed by atoms with Gasteiger partial charge in [0.05, 0.1) is 0 Å². The standard InChI is InChI=1S/C15H23Cl/c1-3-8-14(12-16)15(9-4-2)13-10-6-5-7-11-13/h5-7,10-11,14-15H,3-4,8-9,12H2,1-2H3. The zero-order chi connectivity index (χ0) is 11.8. The Bertz CT molecular complexity index is 268. The Labute approximate surface area is 105 Å². The summed E-state index contributed by atoms with van der Waals surface area (Å²) in [7, 11) is 0. The van der Waals surface area contributed by atoms with E-state index in [0.717, 1.165) is 5.88 Å². The third-order valence-corrected chi connectivity index (χ3v) is 3.65. The van der Waals surface area contributed by atoms with E-state index < -0.39 is 0 Å². The normalized spacial score (nSPS) is 14.7. The molecule has 0 bridgehead atoms. The van der Waals surface area contributed by atoms with Crippen LogP contribution >= 0.6 is 11.6 Å². The van der Waals surface area contributed by atoms with Crippen LogP contribution in [0, 0.1) is 5.92 Å². The smallest absolute Gasteiger partial charge is 0.0257 e. The molecule has 0 heterocycles. The first-order valence-electron chi connectivity index (χ1n) is 6.44. The van der Waals surface area contributed by atoms with Gasteiger partial charge >= 0.3 is 0 Å². The van der Waals surface area contributed by atoms with Gasteiger partial charge < -0.3 is 0 Å². The Morgan fingerprint density at radius 1 is 1.00 bits per heavy atom. The van der Waals surface area contributed by atoms with Crippen LogP contribution in [0.4, 0.5) is 0 Å². The van der Waals surface area contributed by atoms with Crippen molar-refractivity contribution in [1.29, 1.82) is 0 Å². The molecule has 2 unspecified atom stereocenters. The number of hydrogen-bond donors (Lipinski definition) is 0. The summed E-state index contributed by atoms with van der Waals surface area (Å²) in [5.74, 6) is 2.06. The van der Waals surface area contributed by atoms with Crippen molar-refractivity contribution in [3.8, 4) is 0 Å². The molecule has 0 radical (unpaired) electrons. The summed E-state index contributed by atoms with van der Waals surface area (Å²) in [4.78, 5) is 0. The zero-order valence-corrected chi connectivity index (χ0v) is 11.2. The van der Waals surface area contributed by atoms with Crippen LogP contribution in [-0.4, -0.2) is 5.88 Å². The molecule has 1 aromatic carbocycles. The molecule has 0 aromatic heterocycles. The van der Waals surface area contributed by atoms with Gasteiger partial charge in [-0.3, -0.25) is 0 Å². The van der Waals surface area contributed by atoms with Crippen molar-refractivity contribution in [2.24, 2.45) is 5.92 Å². The molecule has 16 heavy (non-hydrogen) atoms. The van der Waals surface area contributed by atoms with E-state index in [-0.39, 0.29) is 0 Å². The van der Waals surface area contributed by atoms with Crippen LogP contribution < -0.4 is 0 Å². The Hall–Kier alpha value is -0.490. The highest BCUT2D eigenvalue weighted by Crippen LogP contribution is 2.33. The van der Waals surface area contributed by atoms with Crippen LogP contribution in [0.5, 0.6) is 0 Å². The van der Waals surface area contributed by atoms with Gasteiger partial charge in [0.15, 0.2) is 0 Å². The van der Waals surface area contributed by atoms with Crippen LogP contribution in [0.15, 0.2) is 30.3 Å². The first kappa shape index (κ1) is 13.6. The monoisotopic (exact) mass is 238 g/mol. The maximum Gasteiger partial charge on any atom is 0.0257 e. The van der Waals surface area contributed by atoms with E-state index in [9.17, 15) is 0 Å². The number of benzene rings is 1.